The maximum Gasteiger partial charge on any atom is 0.331 e. The van der Waals surface area contributed by atoms with Gasteiger partial charge in [-0.15, -0.1) is 0 Å². The molecule has 1 atom stereocenters. The SMILES string of the molecule is COc1ccc(/C=C/C(=O)OC(C)c2cccc3ccccc23)cc1. The first-order chi connectivity index (χ1) is 12.2. The third-order valence-electron chi connectivity index (χ3n) is 4.08. The van der Waals surface area contributed by atoms with E-state index in [4.69, 9.17) is 9.47 Å². The maximum absolute atomic E-state index is 12.1. The second-order valence-corrected chi connectivity index (χ2v) is 5.75. The molecule has 0 heterocycles. The molecule has 3 rings (SSSR count). The number of hydrogen-bond donors (Lipinski definition) is 0. The number of rotatable bonds is 5. The van der Waals surface area contributed by atoms with E-state index in [-0.39, 0.29) is 12.1 Å². The van der Waals surface area contributed by atoms with E-state index in [1.54, 1.807) is 13.2 Å². The van der Waals surface area contributed by atoms with Gasteiger partial charge in [-0.25, -0.2) is 4.79 Å². The van der Waals surface area contributed by atoms with Crippen LogP contribution >= 0.6 is 0 Å². The van der Waals surface area contributed by atoms with Gasteiger partial charge in [-0.05, 0) is 47.0 Å². The van der Waals surface area contributed by atoms with Crippen molar-refractivity contribution >= 4 is 22.8 Å². The Morgan fingerprint density at radius 3 is 2.44 bits per heavy atom. The second-order valence-electron chi connectivity index (χ2n) is 5.75. The molecule has 0 spiro atoms. The van der Waals surface area contributed by atoms with Crippen LogP contribution in [-0.4, -0.2) is 13.1 Å². The molecule has 0 aliphatic rings. The van der Waals surface area contributed by atoms with Gasteiger partial charge in [0.05, 0.1) is 7.11 Å². The highest BCUT2D eigenvalue weighted by molar-refractivity contribution is 5.89. The zero-order valence-electron chi connectivity index (χ0n) is 14.3. The average molecular weight is 332 g/mol. The largest absolute Gasteiger partial charge is 0.497 e. The minimum absolute atomic E-state index is 0.320. The molecule has 0 bridgehead atoms. The fourth-order valence-electron chi connectivity index (χ4n) is 2.76. The third kappa shape index (κ3) is 4.07. The zero-order valence-corrected chi connectivity index (χ0v) is 14.3. The van der Waals surface area contributed by atoms with Gasteiger partial charge >= 0.3 is 5.97 Å². The molecule has 3 aromatic rings. The molecular formula is C22H20O3. The molecule has 0 aromatic heterocycles. The summed E-state index contributed by atoms with van der Waals surface area (Å²) >= 11 is 0. The van der Waals surface area contributed by atoms with Crippen LogP contribution < -0.4 is 4.74 Å². The Morgan fingerprint density at radius 2 is 1.68 bits per heavy atom. The Kier molecular flexibility index (Phi) is 5.14. The molecule has 3 aromatic carbocycles. The first kappa shape index (κ1) is 16.8. The summed E-state index contributed by atoms with van der Waals surface area (Å²) in [6, 6.07) is 21.6. The van der Waals surface area contributed by atoms with Gasteiger partial charge < -0.3 is 9.47 Å². The Balaban J connectivity index is 1.70. The zero-order chi connectivity index (χ0) is 17.6. The van der Waals surface area contributed by atoms with Crippen LogP contribution in [0.5, 0.6) is 5.75 Å². The number of benzene rings is 3. The average Bonchev–Trinajstić information content (AvgIpc) is 2.66. The number of hydrogen-bond acceptors (Lipinski definition) is 3. The van der Waals surface area contributed by atoms with Crippen LogP contribution in [0.15, 0.2) is 72.8 Å². The minimum Gasteiger partial charge on any atom is -0.497 e. The molecule has 0 fully saturated rings. The van der Waals surface area contributed by atoms with Gasteiger partial charge in [0.1, 0.15) is 11.9 Å². The predicted octanol–water partition coefficient (Wildman–Crippen LogP) is 5.17. The summed E-state index contributed by atoms with van der Waals surface area (Å²) in [5.41, 5.74) is 1.92. The number of esters is 1. The van der Waals surface area contributed by atoms with E-state index in [0.717, 1.165) is 27.6 Å². The van der Waals surface area contributed by atoms with Crippen molar-refractivity contribution in [1.29, 1.82) is 0 Å². The number of carbonyl (C=O) groups is 1. The van der Waals surface area contributed by atoms with Crippen LogP contribution in [0, 0.1) is 0 Å². The first-order valence-electron chi connectivity index (χ1n) is 8.18. The number of fused-ring (bicyclic) bond motifs is 1. The van der Waals surface area contributed by atoms with Crippen LogP contribution in [0.1, 0.15) is 24.2 Å². The van der Waals surface area contributed by atoms with Gasteiger partial charge in [-0.3, -0.25) is 0 Å². The molecule has 3 heteroatoms. The molecule has 0 aliphatic heterocycles. The molecule has 1 unspecified atom stereocenters. The normalized spacial score (nSPS) is 12.2. The monoisotopic (exact) mass is 332 g/mol. The highest BCUT2D eigenvalue weighted by Gasteiger charge is 2.12. The smallest absolute Gasteiger partial charge is 0.331 e. The van der Waals surface area contributed by atoms with Crippen molar-refractivity contribution in [3.63, 3.8) is 0 Å². The van der Waals surface area contributed by atoms with Crippen molar-refractivity contribution in [3.8, 4) is 5.75 Å². The van der Waals surface area contributed by atoms with Crippen molar-refractivity contribution < 1.29 is 14.3 Å². The van der Waals surface area contributed by atoms with Gasteiger partial charge in [0.25, 0.3) is 0 Å². The molecule has 0 saturated heterocycles. The molecule has 126 valence electrons. The molecular weight excluding hydrogens is 312 g/mol. The lowest BCUT2D eigenvalue weighted by Crippen LogP contribution is -2.06. The van der Waals surface area contributed by atoms with Crippen molar-refractivity contribution in [2.75, 3.05) is 7.11 Å². The van der Waals surface area contributed by atoms with Crippen LogP contribution in [0.2, 0.25) is 0 Å². The van der Waals surface area contributed by atoms with E-state index in [2.05, 4.69) is 12.1 Å². The highest BCUT2D eigenvalue weighted by Crippen LogP contribution is 2.26. The fourth-order valence-corrected chi connectivity index (χ4v) is 2.76. The molecule has 0 radical (unpaired) electrons. The summed E-state index contributed by atoms with van der Waals surface area (Å²) in [5.74, 6) is 0.417. The fraction of sp³-hybridized carbons (Fsp3) is 0.136. The Morgan fingerprint density at radius 1 is 0.960 bits per heavy atom. The molecule has 3 nitrogen and oxygen atoms in total. The lowest BCUT2D eigenvalue weighted by atomic mass is 10.0. The van der Waals surface area contributed by atoms with Gasteiger partial charge in [0, 0.05) is 6.08 Å². The topological polar surface area (TPSA) is 35.5 Å². The van der Waals surface area contributed by atoms with Crippen molar-refractivity contribution in [2.45, 2.75) is 13.0 Å². The Hall–Kier alpha value is -3.07. The number of carbonyl (C=O) groups excluding carboxylic acids is 1. The summed E-state index contributed by atoms with van der Waals surface area (Å²) in [6.07, 6.45) is 2.86. The summed E-state index contributed by atoms with van der Waals surface area (Å²) in [7, 11) is 1.62. The van der Waals surface area contributed by atoms with E-state index < -0.39 is 0 Å². The Labute approximate surface area is 147 Å². The van der Waals surface area contributed by atoms with E-state index in [1.807, 2.05) is 61.5 Å². The van der Waals surface area contributed by atoms with E-state index in [9.17, 15) is 4.79 Å². The summed E-state index contributed by atoms with van der Waals surface area (Å²) < 4.78 is 10.7. The van der Waals surface area contributed by atoms with Crippen molar-refractivity contribution in [1.82, 2.24) is 0 Å². The molecule has 0 saturated carbocycles. The van der Waals surface area contributed by atoms with Gasteiger partial charge in [0.2, 0.25) is 0 Å². The first-order valence-corrected chi connectivity index (χ1v) is 8.18. The predicted molar refractivity (Wildman–Crippen MR) is 100 cm³/mol. The number of methoxy groups -OCH3 is 1. The van der Waals surface area contributed by atoms with Crippen LogP contribution in [0.4, 0.5) is 0 Å². The summed E-state index contributed by atoms with van der Waals surface area (Å²) in [4.78, 5) is 12.1. The third-order valence-corrected chi connectivity index (χ3v) is 4.08. The molecule has 0 aliphatic carbocycles. The van der Waals surface area contributed by atoms with Crippen molar-refractivity contribution in [3.05, 3.63) is 83.9 Å². The van der Waals surface area contributed by atoms with Gasteiger partial charge in [-0.1, -0.05) is 54.6 Å². The van der Waals surface area contributed by atoms with Gasteiger partial charge in [-0.2, -0.15) is 0 Å². The van der Waals surface area contributed by atoms with Crippen LogP contribution in [0.25, 0.3) is 16.8 Å². The lowest BCUT2D eigenvalue weighted by molar-refractivity contribution is -0.142. The molecule has 0 amide bonds. The lowest BCUT2D eigenvalue weighted by Gasteiger charge is -2.14. The summed E-state index contributed by atoms with van der Waals surface area (Å²) in [5, 5.41) is 2.24. The quantitative estimate of drug-likeness (QED) is 0.478. The molecule has 0 N–H and O–H groups in total. The number of ether oxygens (including phenoxy) is 2. The standard InChI is InChI=1S/C22H20O3/c1-16(20-9-5-7-18-6-3-4-8-21(18)20)25-22(23)15-12-17-10-13-19(24-2)14-11-17/h3-16H,1-2H3/b15-12+. The van der Waals surface area contributed by atoms with Crippen LogP contribution in [0.3, 0.4) is 0 Å². The molecule has 25 heavy (non-hydrogen) atoms. The summed E-state index contributed by atoms with van der Waals surface area (Å²) in [6.45, 7) is 1.89. The van der Waals surface area contributed by atoms with E-state index in [0.29, 0.717) is 0 Å². The van der Waals surface area contributed by atoms with Gasteiger partial charge in [0.15, 0.2) is 0 Å². The van der Waals surface area contributed by atoms with E-state index in [1.165, 1.54) is 6.08 Å². The highest BCUT2D eigenvalue weighted by atomic mass is 16.5. The Bertz CT molecular complexity index is 889. The van der Waals surface area contributed by atoms with Crippen LogP contribution in [-0.2, 0) is 9.53 Å². The van der Waals surface area contributed by atoms with E-state index >= 15 is 0 Å². The maximum atomic E-state index is 12.1. The minimum atomic E-state index is -0.365. The van der Waals surface area contributed by atoms with Crippen molar-refractivity contribution in [2.24, 2.45) is 0 Å². The second kappa shape index (κ2) is 7.67.